The van der Waals surface area contributed by atoms with Crippen LogP contribution in [-0.4, -0.2) is 58.6 Å². The van der Waals surface area contributed by atoms with Crippen molar-refractivity contribution >= 4 is 17.5 Å². The van der Waals surface area contributed by atoms with E-state index in [0.29, 0.717) is 17.8 Å². The number of hydrogen-bond donors (Lipinski definition) is 1. The highest BCUT2D eigenvalue weighted by molar-refractivity contribution is 5.58. The molecule has 0 amide bonds. The van der Waals surface area contributed by atoms with Crippen LogP contribution in [0.4, 0.5) is 17.5 Å². The minimum atomic E-state index is -0.417. The Labute approximate surface area is 136 Å². The summed E-state index contributed by atoms with van der Waals surface area (Å²) >= 11 is 0. The topological polar surface area (TPSA) is 87.4 Å². The zero-order chi connectivity index (χ0) is 16.2. The second-order valence-electron chi connectivity index (χ2n) is 6.26. The van der Waals surface area contributed by atoms with Crippen molar-refractivity contribution in [2.75, 3.05) is 42.9 Å². The third kappa shape index (κ3) is 4.07. The molecule has 1 aromatic heterocycles. The average Bonchev–Trinajstić information content (AvgIpc) is 3.35. The maximum Gasteiger partial charge on any atom is 0.329 e. The highest BCUT2D eigenvalue weighted by Crippen LogP contribution is 2.30. The Bertz CT molecular complexity index is 563. The lowest BCUT2D eigenvalue weighted by Gasteiger charge is -2.21. The van der Waals surface area contributed by atoms with Crippen molar-refractivity contribution in [1.29, 1.82) is 0 Å². The summed E-state index contributed by atoms with van der Waals surface area (Å²) in [6.07, 6.45) is 5.65. The molecule has 0 bridgehead atoms. The van der Waals surface area contributed by atoms with Crippen LogP contribution < -0.4 is 10.2 Å². The van der Waals surface area contributed by atoms with Gasteiger partial charge in [-0.1, -0.05) is 6.92 Å². The van der Waals surface area contributed by atoms with Gasteiger partial charge in [0.1, 0.15) is 6.20 Å². The van der Waals surface area contributed by atoms with Crippen molar-refractivity contribution in [1.82, 2.24) is 14.9 Å². The molecular weight excluding hydrogens is 296 g/mol. The van der Waals surface area contributed by atoms with Crippen LogP contribution >= 0.6 is 0 Å². The van der Waals surface area contributed by atoms with E-state index in [1.165, 1.54) is 6.20 Å². The van der Waals surface area contributed by atoms with Crippen LogP contribution in [0, 0.1) is 10.1 Å². The minimum Gasteiger partial charge on any atom is -0.361 e. The predicted molar refractivity (Wildman–Crippen MR) is 88.9 cm³/mol. The summed E-state index contributed by atoms with van der Waals surface area (Å²) in [7, 11) is 0. The largest absolute Gasteiger partial charge is 0.361 e. The number of rotatable bonds is 6. The fourth-order valence-corrected chi connectivity index (χ4v) is 2.89. The van der Waals surface area contributed by atoms with Crippen LogP contribution in [0.25, 0.3) is 0 Å². The standard InChI is InChI=1S/C15H24N6O2/c1-2-6-19-7-3-8-20(10-9-19)15-16-11-13(21(22)23)14(18-15)17-12-4-5-12/h11-12H,2-10H2,1H3,(H,16,17,18). The third-order valence-electron chi connectivity index (χ3n) is 4.28. The number of hydrogen-bond acceptors (Lipinski definition) is 7. The maximum absolute atomic E-state index is 11.1. The Morgan fingerprint density at radius 1 is 1.35 bits per heavy atom. The van der Waals surface area contributed by atoms with Crippen molar-refractivity contribution in [2.45, 2.75) is 38.6 Å². The fraction of sp³-hybridized carbons (Fsp3) is 0.733. The molecule has 0 spiro atoms. The first kappa shape index (κ1) is 15.9. The van der Waals surface area contributed by atoms with Crippen LogP contribution in [0.3, 0.4) is 0 Å². The Morgan fingerprint density at radius 3 is 2.87 bits per heavy atom. The van der Waals surface area contributed by atoms with Gasteiger partial charge >= 0.3 is 5.69 Å². The summed E-state index contributed by atoms with van der Waals surface area (Å²) in [5, 5.41) is 14.3. The second kappa shape index (κ2) is 7.08. The summed E-state index contributed by atoms with van der Waals surface area (Å²) < 4.78 is 0. The summed E-state index contributed by atoms with van der Waals surface area (Å²) in [6, 6.07) is 0.320. The van der Waals surface area contributed by atoms with E-state index in [9.17, 15) is 10.1 Å². The van der Waals surface area contributed by atoms with Crippen LogP contribution in [0.1, 0.15) is 32.6 Å². The number of anilines is 2. The van der Waals surface area contributed by atoms with Gasteiger partial charge in [0.2, 0.25) is 11.8 Å². The van der Waals surface area contributed by atoms with Gasteiger partial charge in [-0.2, -0.15) is 4.98 Å². The van der Waals surface area contributed by atoms with Crippen molar-refractivity contribution < 1.29 is 4.92 Å². The van der Waals surface area contributed by atoms with Crippen LogP contribution in [0.5, 0.6) is 0 Å². The molecule has 0 unspecified atom stereocenters. The quantitative estimate of drug-likeness (QED) is 0.632. The molecule has 0 aromatic carbocycles. The van der Waals surface area contributed by atoms with Gasteiger partial charge in [0.15, 0.2) is 0 Å². The molecule has 1 aromatic rings. The van der Waals surface area contributed by atoms with Crippen molar-refractivity contribution in [2.24, 2.45) is 0 Å². The number of nitrogens with one attached hydrogen (secondary N) is 1. The molecule has 2 heterocycles. The molecule has 0 radical (unpaired) electrons. The lowest BCUT2D eigenvalue weighted by molar-refractivity contribution is -0.384. The van der Waals surface area contributed by atoms with Gasteiger partial charge < -0.3 is 15.1 Å². The lowest BCUT2D eigenvalue weighted by Crippen LogP contribution is -2.32. The summed E-state index contributed by atoms with van der Waals surface area (Å²) in [4.78, 5) is 24.0. The Morgan fingerprint density at radius 2 is 2.17 bits per heavy atom. The van der Waals surface area contributed by atoms with E-state index in [2.05, 4.69) is 32.0 Å². The fourth-order valence-electron chi connectivity index (χ4n) is 2.89. The van der Waals surface area contributed by atoms with E-state index in [0.717, 1.165) is 58.4 Å². The van der Waals surface area contributed by atoms with E-state index in [4.69, 9.17) is 0 Å². The molecule has 1 aliphatic carbocycles. The van der Waals surface area contributed by atoms with E-state index >= 15 is 0 Å². The second-order valence-corrected chi connectivity index (χ2v) is 6.26. The molecular formula is C15H24N6O2. The Balaban J connectivity index is 1.75. The maximum atomic E-state index is 11.1. The molecule has 2 fully saturated rings. The molecule has 8 nitrogen and oxygen atoms in total. The monoisotopic (exact) mass is 320 g/mol. The van der Waals surface area contributed by atoms with Crippen molar-refractivity contribution in [3.05, 3.63) is 16.3 Å². The average molecular weight is 320 g/mol. The normalized spacial score (nSPS) is 19.4. The highest BCUT2D eigenvalue weighted by atomic mass is 16.6. The first-order valence-electron chi connectivity index (χ1n) is 8.42. The van der Waals surface area contributed by atoms with E-state index in [-0.39, 0.29) is 5.69 Å². The Hall–Kier alpha value is -1.96. The summed E-state index contributed by atoms with van der Waals surface area (Å²) in [6.45, 7) is 7.13. The van der Waals surface area contributed by atoms with E-state index in [1.807, 2.05) is 0 Å². The van der Waals surface area contributed by atoms with Crippen LogP contribution in [0.15, 0.2) is 6.20 Å². The van der Waals surface area contributed by atoms with Gasteiger partial charge in [-0.25, -0.2) is 4.98 Å². The molecule has 1 N–H and O–H groups in total. The first-order valence-corrected chi connectivity index (χ1v) is 8.42. The molecule has 1 saturated heterocycles. The molecule has 126 valence electrons. The van der Waals surface area contributed by atoms with Crippen LogP contribution in [0.2, 0.25) is 0 Å². The van der Waals surface area contributed by atoms with Crippen LogP contribution in [-0.2, 0) is 0 Å². The molecule has 8 heteroatoms. The number of nitrogens with zero attached hydrogens (tertiary/aromatic N) is 5. The molecule has 1 saturated carbocycles. The summed E-state index contributed by atoms with van der Waals surface area (Å²) in [5.74, 6) is 0.953. The Kier molecular flexibility index (Phi) is 4.90. The van der Waals surface area contributed by atoms with Crippen molar-refractivity contribution in [3.63, 3.8) is 0 Å². The van der Waals surface area contributed by atoms with Gasteiger partial charge in [-0.05, 0) is 38.8 Å². The zero-order valence-corrected chi connectivity index (χ0v) is 13.6. The highest BCUT2D eigenvalue weighted by Gasteiger charge is 2.27. The lowest BCUT2D eigenvalue weighted by atomic mass is 10.3. The summed E-state index contributed by atoms with van der Waals surface area (Å²) in [5.41, 5.74) is -0.0388. The third-order valence-corrected chi connectivity index (χ3v) is 4.28. The van der Waals surface area contributed by atoms with Gasteiger partial charge in [0, 0.05) is 25.7 Å². The van der Waals surface area contributed by atoms with Gasteiger partial charge in [-0.3, -0.25) is 10.1 Å². The SMILES string of the molecule is CCCN1CCCN(c2ncc([N+](=O)[O-])c(NC3CC3)n2)CC1. The smallest absolute Gasteiger partial charge is 0.329 e. The van der Waals surface area contributed by atoms with E-state index < -0.39 is 4.92 Å². The molecule has 2 aliphatic rings. The molecule has 0 atom stereocenters. The molecule has 3 rings (SSSR count). The van der Waals surface area contributed by atoms with Gasteiger partial charge in [0.05, 0.1) is 4.92 Å². The van der Waals surface area contributed by atoms with E-state index in [1.54, 1.807) is 0 Å². The zero-order valence-electron chi connectivity index (χ0n) is 13.6. The first-order chi connectivity index (χ1) is 11.2. The van der Waals surface area contributed by atoms with Gasteiger partial charge in [0.25, 0.3) is 0 Å². The minimum absolute atomic E-state index is 0.0388. The molecule has 23 heavy (non-hydrogen) atoms. The van der Waals surface area contributed by atoms with Gasteiger partial charge in [-0.15, -0.1) is 0 Å². The predicted octanol–water partition coefficient (Wildman–Crippen LogP) is 1.88. The number of aromatic nitrogens is 2. The molecule has 1 aliphatic heterocycles. The van der Waals surface area contributed by atoms with Crippen molar-refractivity contribution in [3.8, 4) is 0 Å². The number of nitro groups is 1.